The number of hydrogen-bond acceptors (Lipinski definition) is 2. The molecule has 0 saturated carbocycles. The second-order valence-corrected chi connectivity index (χ2v) is 3.39. The summed E-state index contributed by atoms with van der Waals surface area (Å²) in [4.78, 5) is 2.07. The first kappa shape index (κ1) is 10.9. The van der Waals surface area contributed by atoms with Crippen molar-refractivity contribution in [1.29, 1.82) is 0 Å². The zero-order valence-electron chi connectivity index (χ0n) is 6.50. The number of aryl methyl sites for hydroxylation is 2. The fourth-order valence-electron chi connectivity index (χ4n) is 0.786. The van der Waals surface area contributed by atoms with Gasteiger partial charge in [0.1, 0.15) is 0 Å². The molecule has 1 aromatic carbocycles. The van der Waals surface area contributed by atoms with Crippen molar-refractivity contribution in [1.82, 2.24) is 0 Å². The fourth-order valence-corrected chi connectivity index (χ4v) is 1.30. The molecule has 0 saturated heterocycles. The molecule has 1 aromatic rings. The maximum atomic E-state index is 4.28. The molecule has 0 unspecified atom stereocenters. The monoisotopic (exact) mass is 187 g/mol. The van der Waals surface area contributed by atoms with E-state index in [4.69, 9.17) is 0 Å². The molecule has 3 heteroatoms. The van der Waals surface area contributed by atoms with Crippen LogP contribution in [0.1, 0.15) is 11.1 Å². The molecule has 1 N–H and O–H groups in total. The number of hydrogen-bond donors (Lipinski definition) is 3. The van der Waals surface area contributed by atoms with Gasteiger partial charge in [-0.15, -0.1) is 25.3 Å². The molecule has 1 radical (unpaired) electrons. The highest BCUT2D eigenvalue weighted by atomic mass is 32.1. The van der Waals surface area contributed by atoms with Crippen molar-refractivity contribution in [3.05, 3.63) is 23.3 Å². The first-order chi connectivity index (χ1) is 4.61. The third kappa shape index (κ3) is 2.43. The first-order valence-electron chi connectivity index (χ1n) is 3.10. The van der Waals surface area contributed by atoms with Gasteiger partial charge in [0.2, 0.25) is 0 Å². The van der Waals surface area contributed by atoms with Crippen LogP contribution < -0.4 is 0 Å². The van der Waals surface area contributed by atoms with Crippen LogP contribution in [-0.2, 0) is 0 Å². The summed E-state index contributed by atoms with van der Waals surface area (Å²) in [6.07, 6.45) is 0. The highest BCUT2D eigenvalue weighted by molar-refractivity contribution is 7.80. The van der Waals surface area contributed by atoms with E-state index in [1.54, 1.807) is 0 Å². The Balaban J connectivity index is 0.000001000. The van der Waals surface area contributed by atoms with Gasteiger partial charge in [0, 0.05) is 9.79 Å². The first-order valence-corrected chi connectivity index (χ1v) is 4.00. The Kier molecular flexibility index (Phi) is 4.00. The van der Waals surface area contributed by atoms with Crippen LogP contribution in [0.3, 0.4) is 0 Å². The molecule has 0 amide bonds. The number of thiol groups is 2. The van der Waals surface area contributed by atoms with Crippen LogP contribution in [0.2, 0.25) is 0 Å². The molecule has 11 heavy (non-hydrogen) atoms. The lowest BCUT2D eigenvalue weighted by atomic mass is 10.2. The van der Waals surface area contributed by atoms with Crippen molar-refractivity contribution in [2.75, 3.05) is 0 Å². The third-order valence-corrected chi connectivity index (χ3v) is 2.48. The molecule has 0 aliphatic carbocycles. The minimum absolute atomic E-state index is 0. The van der Waals surface area contributed by atoms with E-state index in [9.17, 15) is 0 Å². The summed E-state index contributed by atoms with van der Waals surface area (Å²) >= 11 is 8.56. The highest BCUT2D eigenvalue weighted by Crippen LogP contribution is 2.20. The van der Waals surface area contributed by atoms with E-state index in [-0.39, 0.29) is 5.48 Å². The normalized spacial score (nSPS) is 9.09. The van der Waals surface area contributed by atoms with Gasteiger partial charge in [-0.1, -0.05) is 0 Å². The van der Waals surface area contributed by atoms with Crippen LogP contribution >= 0.6 is 25.3 Å². The Hall–Kier alpha value is -0.120. The van der Waals surface area contributed by atoms with E-state index in [1.165, 1.54) is 11.1 Å². The summed E-state index contributed by atoms with van der Waals surface area (Å²) < 4.78 is 0. The van der Waals surface area contributed by atoms with Crippen molar-refractivity contribution in [2.24, 2.45) is 0 Å². The van der Waals surface area contributed by atoms with E-state index >= 15 is 0 Å². The van der Waals surface area contributed by atoms with Crippen molar-refractivity contribution in [3.63, 3.8) is 0 Å². The molecule has 0 spiro atoms. The molecular weight excluding hydrogens is 176 g/mol. The van der Waals surface area contributed by atoms with Crippen LogP contribution in [0.15, 0.2) is 21.9 Å². The lowest BCUT2D eigenvalue weighted by Crippen LogP contribution is -1.80. The second kappa shape index (κ2) is 4.04. The van der Waals surface area contributed by atoms with E-state index < -0.39 is 0 Å². The summed E-state index contributed by atoms with van der Waals surface area (Å²) in [5.41, 5.74) is 2.36. The van der Waals surface area contributed by atoms with Crippen molar-refractivity contribution in [3.8, 4) is 0 Å². The minimum atomic E-state index is 0. The van der Waals surface area contributed by atoms with Crippen molar-refractivity contribution in [2.45, 2.75) is 23.6 Å². The van der Waals surface area contributed by atoms with Crippen LogP contribution in [0.4, 0.5) is 0 Å². The Morgan fingerprint density at radius 3 is 1.45 bits per heavy atom. The molecular formula is C8H11OS2. The minimum Gasteiger partial charge on any atom is -0.255 e. The van der Waals surface area contributed by atoms with E-state index in [0.717, 1.165) is 9.79 Å². The molecule has 0 heterocycles. The molecule has 0 fully saturated rings. The third-order valence-electron chi connectivity index (χ3n) is 1.51. The molecule has 0 atom stereocenters. The molecule has 1 nitrogen and oxygen atoms in total. The number of benzene rings is 1. The maximum Gasteiger partial charge on any atom is 0.00726 e. The summed E-state index contributed by atoms with van der Waals surface area (Å²) in [5.74, 6) is 0. The summed E-state index contributed by atoms with van der Waals surface area (Å²) in [6.45, 7) is 4.06. The average Bonchev–Trinajstić information content (AvgIpc) is 1.84. The van der Waals surface area contributed by atoms with Gasteiger partial charge in [0.25, 0.3) is 0 Å². The zero-order chi connectivity index (χ0) is 7.72. The van der Waals surface area contributed by atoms with Crippen molar-refractivity contribution >= 4 is 25.3 Å². The molecule has 0 bridgehead atoms. The predicted octanol–water partition coefficient (Wildman–Crippen LogP) is 2.70. The Morgan fingerprint density at radius 2 is 1.18 bits per heavy atom. The Labute approximate surface area is 78.0 Å². The second-order valence-electron chi connectivity index (χ2n) is 2.43. The van der Waals surface area contributed by atoms with Gasteiger partial charge in [-0.05, 0) is 37.1 Å². The highest BCUT2D eigenvalue weighted by Gasteiger charge is 1.96. The van der Waals surface area contributed by atoms with Crippen molar-refractivity contribution < 1.29 is 5.48 Å². The van der Waals surface area contributed by atoms with E-state index in [0.29, 0.717) is 0 Å². The van der Waals surface area contributed by atoms with Gasteiger partial charge in [-0.25, -0.2) is 0 Å². The Bertz CT molecular complexity index is 208. The van der Waals surface area contributed by atoms with Gasteiger partial charge in [0.15, 0.2) is 0 Å². The van der Waals surface area contributed by atoms with Gasteiger partial charge < -0.3 is 0 Å². The lowest BCUT2D eigenvalue weighted by Gasteiger charge is -2.02. The largest absolute Gasteiger partial charge is 0.255 e. The van der Waals surface area contributed by atoms with Crippen LogP contribution in [0.5, 0.6) is 0 Å². The average molecular weight is 187 g/mol. The predicted molar refractivity (Wildman–Crippen MR) is 52.4 cm³/mol. The summed E-state index contributed by atoms with van der Waals surface area (Å²) in [6, 6.07) is 4.06. The molecule has 0 aliphatic heterocycles. The smallest absolute Gasteiger partial charge is 0.00726 e. The summed E-state index contributed by atoms with van der Waals surface area (Å²) in [5, 5.41) is 0. The fraction of sp³-hybridized carbons (Fsp3) is 0.250. The van der Waals surface area contributed by atoms with Crippen LogP contribution in [0.25, 0.3) is 0 Å². The molecule has 0 aliphatic rings. The quantitative estimate of drug-likeness (QED) is 0.522. The maximum absolute atomic E-state index is 4.28. The van der Waals surface area contributed by atoms with E-state index in [2.05, 4.69) is 25.3 Å². The zero-order valence-corrected chi connectivity index (χ0v) is 8.29. The molecule has 61 valence electrons. The van der Waals surface area contributed by atoms with Gasteiger partial charge in [-0.2, -0.15) is 0 Å². The van der Waals surface area contributed by atoms with E-state index in [1.807, 2.05) is 26.0 Å². The summed E-state index contributed by atoms with van der Waals surface area (Å²) in [7, 11) is 0. The van der Waals surface area contributed by atoms with Gasteiger partial charge >= 0.3 is 0 Å². The van der Waals surface area contributed by atoms with Gasteiger partial charge in [-0.3, -0.25) is 5.48 Å². The van der Waals surface area contributed by atoms with Gasteiger partial charge in [0.05, 0.1) is 0 Å². The lowest BCUT2D eigenvalue weighted by molar-refractivity contribution is 0.824. The molecule has 1 rings (SSSR count). The van der Waals surface area contributed by atoms with Crippen LogP contribution in [-0.4, -0.2) is 5.48 Å². The SMILES string of the molecule is Cc1cc(S)c(C)cc1S.[OH]. The number of rotatable bonds is 0. The topological polar surface area (TPSA) is 30.0 Å². The van der Waals surface area contributed by atoms with Crippen LogP contribution in [0, 0.1) is 13.8 Å². The molecule has 0 aromatic heterocycles. The Morgan fingerprint density at radius 1 is 0.909 bits per heavy atom. The standard InChI is InChI=1S/C8H10S2.HO/c1-5-3-8(10)6(2)4-7(5)9;/h3-4,9-10H,1-2H3;1H.